The van der Waals surface area contributed by atoms with Crippen molar-refractivity contribution >= 4 is 0 Å². The summed E-state index contributed by atoms with van der Waals surface area (Å²) < 4.78 is 12.3. The molecule has 0 bridgehead atoms. The molecular formula is C27H45NO2. The van der Waals surface area contributed by atoms with E-state index in [1.165, 1.54) is 43.2 Å². The average molecular weight is 416 g/mol. The summed E-state index contributed by atoms with van der Waals surface area (Å²) in [4.78, 5) is 2.23. The molecule has 2 atom stereocenters. The molecule has 3 nitrogen and oxygen atoms in total. The topological polar surface area (TPSA) is 21.7 Å². The Hall–Kier alpha value is -1.06. The van der Waals surface area contributed by atoms with Crippen molar-refractivity contribution in [1.82, 2.24) is 4.90 Å². The minimum Gasteiger partial charge on any atom is -0.493 e. The fourth-order valence-corrected chi connectivity index (χ4v) is 5.42. The molecule has 30 heavy (non-hydrogen) atoms. The first-order valence-corrected chi connectivity index (χ1v) is 12.2. The van der Waals surface area contributed by atoms with E-state index in [0.717, 1.165) is 50.5 Å². The number of hydrogen-bond acceptors (Lipinski definition) is 3. The number of ether oxygens (including phenoxy) is 2. The molecule has 0 aromatic heterocycles. The van der Waals surface area contributed by atoms with Crippen LogP contribution in [0.5, 0.6) is 5.75 Å². The Bertz CT molecular complexity index is 629. The van der Waals surface area contributed by atoms with Crippen LogP contribution in [0.1, 0.15) is 90.2 Å². The van der Waals surface area contributed by atoms with Gasteiger partial charge in [-0.15, -0.1) is 0 Å². The molecular weight excluding hydrogens is 370 g/mol. The summed E-state index contributed by atoms with van der Waals surface area (Å²) in [6.07, 6.45) is 11.7. The van der Waals surface area contributed by atoms with Gasteiger partial charge in [0.2, 0.25) is 0 Å². The van der Waals surface area contributed by atoms with Gasteiger partial charge in [-0.05, 0) is 107 Å². The Kier molecular flexibility index (Phi) is 7.90. The molecule has 1 heterocycles. The van der Waals surface area contributed by atoms with Crippen molar-refractivity contribution in [3.8, 4) is 5.75 Å². The van der Waals surface area contributed by atoms with E-state index in [4.69, 9.17) is 9.47 Å². The summed E-state index contributed by atoms with van der Waals surface area (Å²) in [5.74, 6) is 1.96. The van der Waals surface area contributed by atoms with E-state index in [-0.39, 0.29) is 5.60 Å². The van der Waals surface area contributed by atoms with Crippen molar-refractivity contribution in [3.63, 3.8) is 0 Å². The SMILES string of the molecule is CN(C)Cc1cc(CCCC2CCC(C)(C)C2)cc(OCCC2CCC(C)(C)O2)c1. The molecule has 1 aromatic carbocycles. The number of hydrogen-bond donors (Lipinski definition) is 0. The monoisotopic (exact) mass is 415 g/mol. The summed E-state index contributed by atoms with van der Waals surface area (Å²) >= 11 is 0. The van der Waals surface area contributed by atoms with Gasteiger partial charge in [0.15, 0.2) is 0 Å². The maximum atomic E-state index is 6.21. The molecule has 2 aliphatic rings. The molecule has 2 unspecified atom stereocenters. The van der Waals surface area contributed by atoms with Gasteiger partial charge in [-0.2, -0.15) is 0 Å². The van der Waals surface area contributed by atoms with E-state index in [2.05, 4.69) is 64.9 Å². The summed E-state index contributed by atoms with van der Waals surface area (Å²) in [5.41, 5.74) is 3.39. The lowest BCUT2D eigenvalue weighted by atomic mass is 9.89. The summed E-state index contributed by atoms with van der Waals surface area (Å²) in [6, 6.07) is 6.88. The van der Waals surface area contributed by atoms with Crippen LogP contribution in [0.4, 0.5) is 0 Å². The lowest BCUT2D eigenvalue weighted by Gasteiger charge is -2.19. The fraction of sp³-hybridized carbons (Fsp3) is 0.778. The zero-order valence-corrected chi connectivity index (χ0v) is 20.4. The predicted molar refractivity (Wildman–Crippen MR) is 126 cm³/mol. The highest BCUT2D eigenvalue weighted by atomic mass is 16.5. The van der Waals surface area contributed by atoms with Crippen LogP contribution in [-0.2, 0) is 17.7 Å². The van der Waals surface area contributed by atoms with Crippen LogP contribution < -0.4 is 4.74 Å². The summed E-state index contributed by atoms with van der Waals surface area (Å²) in [7, 11) is 4.27. The van der Waals surface area contributed by atoms with Gasteiger partial charge >= 0.3 is 0 Å². The minimum atomic E-state index is 0.0397. The highest BCUT2D eigenvalue weighted by Gasteiger charge is 2.31. The first-order valence-electron chi connectivity index (χ1n) is 12.2. The van der Waals surface area contributed by atoms with Crippen molar-refractivity contribution in [2.24, 2.45) is 11.3 Å². The molecule has 1 saturated heterocycles. The van der Waals surface area contributed by atoms with Crippen LogP contribution in [0, 0.1) is 11.3 Å². The van der Waals surface area contributed by atoms with Crippen LogP contribution in [0.3, 0.4) is 0 Å². The number of rotatable bonds is 10. The standard InChI is InChI=1S/C27H45NO2/c1-26(2)13-10-21(19-26)8-7-9-22-16-23(20-28(5)6)18-25(17-22)29-15-12-24-11-14-27(3,4)30-24/h16-18,21,24H,7-15,19-20H2,1-6H3. The minimum absolute atomic E-state index is 0.0397. The molecule has 1 saturated carbocycles. The zero-order chi connectivity index (χ0) is 21.8. The van der Waals surface area contributed by atoms with Gasteiger partial charge in [-0.3, -0.25) is 0 Å². The van der Waals surface area contributed by atoms with Crippen LogP contribution in [0.25, 0.3) is 0 Å². The normalized spacial score (nSPS) is 25.2. The van der Waals surface area contributed by atoms with Crippen molar-refractivity contribution in [2.45, 2.75) is 104 Å². The molecule has 1 aliphatic heterocycles. The molecule has 1 aromatic rings. The van der Waals surface area contributed by atoms with Crippen molar-refractivity contribution in [1.29, 1.82) is 0 Å². The van der Waals surface area contributed by atoms with Gasteiger partial charge < -0.3 is 14.4 Å². The third kappa shape index (κ3) is 7.57. The van der Waals surface area contributed by atoms with E-state index < -0.39 is 0 Å². The van der Waals surface area contributed by atoms with Gasteiger partial charge in [0.25, 0.3) is 0 Å². The van der Waals surface area contributed by atoms with E-state index in [0.29, 0.717) is 11.5 Å². The second-order valence-corrected chi connectivity index (χ2v) is 11.6. The van der Waals surface area contributed by atoms with E-state index in [1.54, 1.807) is 0 Å². The molecule has 170 valence electrons. The van der Waals surface area contributed by atoms with Gasteiger partial charge in [-0.1, -0.05) is 26.3 Å². The van der Waals surface area contributed by atoms with Crippen molar-refractivity contribution in [2.75, 3.05) is 20.7 Å². The molecule has 0 radical (unpaired) electrons. The lowest BCUT2D eigenvalue weighted by molar-refractivity contribution is -0.0225. The maximum absolute atomic E-state index is 6.21. The van der Waals surface area contributed by atoms with Gasteiger partial charge in [0.1, 0.15) is 5.75 Å². The molecule has 2 fully saturated rings. The van der Waals surface area contributed by atoms with Crippen molar-refractivity contribution < 1.29 is 9.47 Å². The van der Waals surface area contributed by atoms with E-state index >= 15 is 0 Å². The molecule has 0 N–H and O–H groups in total. The molecule has 0 spiro atoms. The van der Waals surface area contributed by atoms with Crippen LogP contribution in [0.15, 0.2) is 18.2 Å². The Morgan fingerprint density at radius 2 is 1.77 bits per heavy atom. The Labute approximate surface area is 185 Å². The van der Waals surface area contributed by atoms with Crippen LogP contribution >= 0.6 is 0 Å². The first-order chi connectivity index (χ1) is 14.1. The summed E-state index contributed by atoms with van der Waals surface area (Å²) in [6.45, 7) is 10.9. The van der Waals surface area contributed by atoms with Gasteiger partial charge in [-0.25, -0.2) is 0 Å². The largest absolute Gasteiger partial charge is 0.493 e. The zero-order valence-electron chi connectivity index (χ0n) is 20.4. The second kappa shape index (κ2) is 10.0. The quantitative estimate of drug-likeness (QED) is 0.428. The van der Waals surface area contributed by atoms with E-state index in [1.807, 2.05) is 0 Å². The third-order valence-corrected chi connectivity index (χ3v) is 6.94. The lowest BCUT2D eigenvalue weighted by Crippen LogP contribution is -2.21. The number of aryl methyl sites for hydroxylation is 1. The fourth-order valence-electron chi connectivity index (χ4n) is 5.42. The van der Waals surface area contributed by atoms with Crippen LogP contribution in [0.2, 0.25) is 0 Å². The molecule has 1 aliphatic carbocycles. The third-order valence-electron chi connectivity index (χ3n) is 6.94. The molecule has 0 amide bonds. The molecule has 3 rings (SSSR count). The Morgan fingerprint density at radius 1 is 1.00 bits per heavy atom. The van der Waals surface area contributed by atoms with Gasteiger partial charge in [0.05, 0.1) is 18.3 Å². The van der Waals surface area contributed by atoms with Crippen LogP contribution in [-0.4, -0.2) is 37.3 Å². The smallest absolute Gasteiger partial charge is 0.119 e. The van der Waals surface area contributed by atoms with Crippen molar-refractivity contribution in [3.05, 3.63) is 29.3 Å². The maximum Gasteiger partial charge on any atom is 0.119 e. The molecule has 3 heteroatoms. The van der Waals surface area contributed by atoms with E-state index in [9.17, 15) is 0 Å². The predicted octanol–water partition coefficient (Wildman–Crippen LogP) is 6.62. The Morgan fingerprint density at radius 3 is 2.40 bits per heavy atom. The number of nitrogens with zero attached hydrogens (tertiary/aromatic N) is 1. The summed E-state index contributed by atoms with van der Waals surface area (Å²) in [5, 5.41) is 0. The highest BCUT2D eigenvalue weighted by Crippen LogP contribution is 2.42. The Balaban J connectivity index is 1.52. The average Bonchev–Trinajstić information content (AvgIpc) is 3.15. The van der Waals surface area contributed by atoms with Gasteiger partial charge in [0, 0.05) is 13.0 Å². The highest BCUT2D eigenvalue weighted by molar-refractivity contribution is 5.34. The second-order valence-electron chi connectivity index (χ2n) is 11.6. The number of benzene rings is 1. The first kappa shape index (κ1) is 23.6.